The van der Waals surface area contributed by atoms with Gasteiger partial charge in [-0.1, -0.05) is 26.7 Å². The molecule has 4 N–H and O–H groups in total. The van der Waals surface area contributed by atoms with E-state index in [1.54, 1.807) is 18.3 Å². The van der Waals surface area contributed by atoms with Crippen molar-refractivity contribution in [3.05, 3.63) is 23.9 Å². The van der Waals surface area contributed by atoms with Crippen LogP contribution in [0, 0.1) is 5.92 Å². The number of rotatable bonds is 7. The summed E-state index contributed by atoms with van der Waals surface area (Å²) in [5.41, 5.74) is 3.00. The first kappa shape index (κ1) is 15.4. The minimum absolute atomic E-state index is 0.0871. The van der Waals surface area contributed by atoms with Gasteiger partial charge >= 0.3 is 0 Å². The monoisotopic (exact) mass is 264 g/mol. The first-order chi connectivity index (χ1) is 9.02. The fourth-order valence-electron chi connectivity index (χ4n) is 1.86. The zero-order chi connectivity index (χ0) is 14.3. The number of nitrogen functional groups attached to an aromatic ring is 1. The first-order valence-corrected chi connectivity index (χ1v) is 6.76. The molecule has 1 heterocycles. The van der Waals surface area contributed by atoms with E-state index >= 15 is 0 Å². The van der Waals surface area contributed by atoms with Crippen molar-refractivity contribution in [3.8, 4) is 0 Å². The van der Waals surface area contributed by atoms with Gasteiger partial charge in [-0.25, -0.2) is 10.8 Å². The van der Waals surface area contributed by atoms with Crippen LogP contribution in [0.5, 0.6) is 0 Å². The van der Waals surface area contributed by atoms with Crippen LogP contribution in [-0.4, -0.2) is 16.9 Å². The number of aromatic nitrogens is 1. The molecule has 0 aromatic carbocycles. The molecule has 1 unspecified atom stereocenters. The second kappa shape index (κ2) is 7.74. The van der Waals surface area contributed by atoms with Crippen LogP contribution in [0.25, 0.3) is 0 Å². The Hall–Kier alpha value is -1.62. The molecular weight excluding hydrogens is 240 g/mol. The number of hydrogen-bond donors (Lipinski definition) is 3. The third kappa shape index (κ3) is 5.70. The van der Waals surface area contributed by atoms with Crippen LogP contribution in [-0.2, 0) is 0 Å². The first-order valence-electron chi connectivity index (χ1n) is 6.76. The Kier molecular flexibility index (Phi) is 6.29. The number of amides is 1. The van der Waals surface area contributed by atoms with Gasteiger partial charge in [0.1, 0.15) is 5.82 Å². The number of nitrogens with two attached hydrogens (primary N) is 1. The Bertz CT molecular complexity index is 406. The summed E-state index contributed by atoms with van der Waals surface area (Å²) < 4.78 is 0. The number of carbonyl (C=O) groups is 1. The molecule has 0 spiro atoms. The van der Waals surface area contributed by atoms with Gasteiger partial charge in [0.2, 0.25) is 0 Å². The predicted molar refractivity (Wildman–Crippen MR) is 77.7 cm³/mol. The molecule has 0 fully saturated rings. The molecule has 0 aliphatic rings. The summed E-state index contributed by atoms with van der Waals surface area (Å²) in [5, 5.41) is 2.99. The lowest BCUT2D eigenvalue weighted by Crippen LogP contribution is -2.32. The fraction of sp³-hybridized carbons (Fsp3) is 0.571. The Labute approximate surface area is 115 Å². The van der Waals surface area contributed by atoms with Gasteiger partial charge in [-0.15, -0.1) is 0 Å². The standard InChI is InChI=1S/C14H24N4O/c1-10(2)5-4-6-11(3)17-14(19)12-7-8-16-13(9-12)18-15/h7-11H,4-6,15H2,1-3H3,(H,16,18)(H,17,19). The minimum Gasteiger partial charge on any atom is -0.350 e. The summed E-state index contributed by atoms with van der Waals surface area (Å²) in [6.45, 7) is 6.45. The predicted octanol–water partition coefficient (Wildman–Crippen LogP) is 2.31. The summed E-state index contributed by atoms with van der Waals surface area (Å²) in [6.07, 6.45) is 4.88. The molecule has 0 bridgehead atoms. The molecule has 0 saturated heterocycles. The van der Waals surface area contributed by atoms with Crippen molar-refractivity contribution in [2.24, 2.45) is 11.8 Å². The van der Waals surface area contributed by atoms with Crippen molar-refractivity contribution >= 4 is 11.7 Å². The summed E-state index contributed by atoms with van der Waals surface area (Å²) in [7, 11) is 0. The van der Waals surface area contributed by atoms with Crippen LogP contribution < -0.4 is 16.6 Å². The van der Waals surface area contributed by atoms with E-state index < -0.39 is 0 Å². The maximum absolute atomic E-state index is 12.0. The summed E-state index contributed by atoms with van der Waals surface area (Å²) in [6, 6.07) is 3.49. The van der Waals surface area contributed by atoms with Crippen molar-refractivity contribution < 1.29 is 4.79 Å². The molecule has 1 aromatic heterocycles. The Morgan fingerprint density at radius 3 is 2.74 bits per heavy atom. The van der Waals surface area contributed by atoms with Gasteiger partial charge < -0.3 is 10.7 Å². The van der Waals surface area contributed by atoms with Crippen molar-refractivity contribution in [2.45, 2.75) is 46.1 Å². The highest BCUT2D eigenvalue weighted by atomic mass is 16.1. The zero-order valence-electron chi connectivity index (χ0n) is 11.9. The number of pyridine rings is 1. The summed E-state index contributed by atoms with van der Waals surface area (Å²) in [5.74, 6) is 6.38. The van der Waals surface area contributed by atoms with Crippen LogP contribution in [0.3, 0.4) is 0 Å². The molecule has 5 heteroatoms. The van der Waals surface area contributed by atoms with Gasteiger partial charge in [0.05, 0.1) is 0 Å². The van der Waals surface area contributed by atoms with Gasteiger partial charge in [-0.2, -0.15) is 0 Å². The highest BCUT2D eigenvalue weighted by molar-refractivity contribution is 5.94. The van der Waals surface area contributed by atoms with Crippen molar-refractivity contribution in [1.29, 1.82) is 0 Å². The number of hydrogen-bond acceptors (Lipinski definition) is 4. The molecule has 19 heavy (non-hydrogen) atoms. The molecule has 1 atom stereocenters. The van der Waals surface area contributed by atoms with Crippen molar-refractivity contribution in [3.63, 3.8) is 0 Å². The Morgan fingerprint density at radius 1 is 1.37 bits per heavy atom. The van der Waals surface area contributed by atoms with Crippen LogP contribution in [0.4, 0.5) is 5.82 Å². The molecular formula is C14H24N4O. The van der Waals surface area contributed by atoms with E-state index in [0.29, 0.717) is 17.3 Å². The summed E-state index contributed by atoms with van der Waals surface area (Å²) >= 11 is 0. The maximum Gasteiger partial charge on any atom is 0.251 e. The molecule has 0 radical (unpaired) electrons. The molecule has 106 valence electrons. The van der Waals surface area contributed by atoms with Crippen molar-refractivity contribution in [2.75, 3.05) is 5.43 Å². The van der Waals surface area contributed by atoms with Crippen LogP contribution in [0.1, 0.15) is 50.4 Å². The lowest BCUT2D eigenvalue weighted by molar-refractivity contribution is 0.0937. The lowest BCUT2D eigenvalue weighted by atomic mass is 10.0. The highest BCUT2D eigenvalue weighted by Crippen LogP contribution is 2.10. The quantitative estimate of drug-likeness (QED) is 0.521. The third-order valence-electron chi connectivity index (χ3n) is 2.97. The largest absolute Gasteiger partial charge is 0.350 e. The Morgan fingerprint density at radius 2 is 2.11 bits per heavy atom. The molecule has 0 aliphatic carbocycles. The lowest BCUT2D eigenvalue weighted by Gasteiger charge is -2.14. The van der Waals surface area contributed by atoms with E-state index in [0.717, 1.165) is 12.8 Å². The molecule has 1 amide bonds. The molecule has 1 rings (SSSR count). The van der Waals surface area contributed by atoms with E-state index in [2.05, 4.69) is 29.6 Å². The topological polar surface area (TPSA) is 80.0 Å². The fourth-order valence-corrected chi connectivity index (χ4v) is 1.86. The van der Waals surface area contributed by atoms with Crippen LogP contribution >= 0.6 is 0 Å². The second-order valence-corrected chi connectivity index (χ2v) is 5.27. The molecule has 1 aromatic rings. The van der Waals surface area contributed by atoms with Gasteiger partial charge in [-0.05, 0) is 31.4 Å². The average molecular weight is 264 g/mol. The van der Waals surface area contributed by atoms with E-state index in [9.17, 15) is 4.79 Å². The number of carbonyl (C=O) groups excluding carboxylic acids is 1. The number of nitrogens with one attached hydrogen (secondary N) is 2. The average Bonchev–Trinajstić information content (AvgIpc) is 2.38. The van der Waals surface area contributed by atoms with Crippen molar-refractivity contribution in [1.82, 2.24) is 10.3 Å². The molecule has 0 aliphatic heterocycles. The van der Waals surface area contributed by atoms with E-state index in [4.69, 9.17) is 5.84 Å². The van der Waals surface area contributed by atoms with E-state index in [-0.39, 0.29) is 11.9 Å². The highest BCUT2D eigenvalue weighted by Gasteiger charge is 2.10. The van der Waals surface area contributed by atoms with Gasteiger partial charge in [-0.3, -0.25) is 4.79 Å². The number of anilines is 1. The molecule has 5 nitrogen and oxygen atoms in total. The van der Waals surface area contributed by atoms with Crippen LogP contribution in [0.15, 0.2) is 18.3 Å². The van der Waals surface area contributed by atoms with Gasteiger partial charge in [0.15, 0.2) is 0 Å². The minimum atomic E-state index is -0.0871. The number of hydrazine groups is 1. The number of nitrogens with zero attached hydrogens (tertiary/aromatic N) is 1. The zero-order valence-corrected chi connectivity index (χ0v) is 11.9. The second-order valence-electron chi connectivity index (χ2n) is 5.27. The normalized spacial score (nSPS) is 12.3. The Balaban J connectivity index is 2.45. The van der Waals surface area contributed by atoms with E-state index in [1.807, 2.05) is 6.92 Å². The summed E-state index contributed by atoms with van der Waals surface area (Å²) in [4.78, 5) is 16.0. The van der Waals surface area contributed by atoms with Gasteiger partial charge in [0, 0.05) is 17.8 Å². The van der Waals surface area contributed by atoms with Gasteiger partial charge in [0.25, 0.3) is 5.91 Å². The van der Waals surface area contributed by atoms with Crippen LogP contribution in [0.2, 0.25) is 0 Å². The smallest absolute Gasteiger partial charge is 0.251 e. The maximum atomic E-state index is 12.0. The van der Waals surface area contributed by atoms with E-state index in [1.165, 1.54) is 6.42 Å². The SMILES string of the molecule is CC(C)CCCC(C)NC(=O)c1ccnc(NN)c1. The molecule has 0 saturated carbocycles. The third-order valence-corrected chi connectivity index (χ3v) is 2.97.